The van der Waals surface area contributed by atoms with Gasteiger partial charge in [-0.1, -0.05) is 26.0 Å². The number of fused-ring (bicyclic) bond motifs is 2. The first-order chi connectivity index (χ1) is 17.0. The molecule has 1 fully saturated rings. The normalized spacial score (nSPS) is 19.3. The lowest BCUT2D eigenvalue weighted by Gasteiger charge is -2.32. The second-order valence-electron chi connectivity index (χ2n) is 10.3. The molecule has 186 valence electrons. The number of hydrogen-bond donors (Lipinski definition) is 1. The van der Waals surface area contributed by atoms with E-state index in [2.05, 4.69) is 57.2 Å². The number of nitrogens with zero attached hydrogens (tertiary/aromatic N) is 5. The van der Waals surface area contributed by atoms with Crippen LogP contribution in [0.1, 0.15) is 32.4 Å². The van der Waals surface area contributed by atoms with E-state index >= 15 is 0 Å². The summed E-state index contributed by atoms with van der Waals surface area (Å²) in [7, 11) is 0. The number of aromatic nitrogens is 3. The van der Waals surface area contributed by atoms with E-state index in [-0.39, 0.29) is 18.5 Å². The SMILES string of the molecule is CC(C)CN1CCC[C@@H](C(=O)Nc2cc3cc(-c4cnn5c4CN(CCF)CC5)ccc3cn2)C1. The van der Waals surface area contributed by atoms with Crippen LogP contribution in [0.25, 0.3) is 21.9 Å². The molecule has 4 heterocycles. The van der Waals surface area contributed by atoms with Gasteiger partial charge in [0.1, 0.15) is 12.5 Å². The summed E-state index contributed by atoms with van der Waals surface area (Å²) in [5.41, 5.74) is 3.26. The molecule has 7 nitrogen and oxygen atoms in total. The number of anilines is 1. The van der Waals surface area contributed by atoms with E-state index in [0.717, 1.165) is 73.2 Å². The van der Waals surface area contributed by atoms with Crippen LogP contribution in [0.15, 0.2) is 36.7 Å². The molecule has 0 bridgehead atoms. The van der Waals surface area contributed by atoms with Crippen molar-refractivity contribution in [2.24, 2.45) is 11.8 Å². The lowest BCUT2D eigenvalue weighted by Crippen LogP contribution is -2.42. The molecule has 1 saturated heterocycles. The van der Waals surface area contributed by atoms with Gasteiger partial charge in [-0.15, -0.1) is 0 Å². The van der Waals surface area contributed by atoms with E-state index in [1.807, 2.05) is 23.1 Å². The molecule has 0 spiro atoms. The summed E-state index contributed by atoms with van der Waals surface area (Å²) in [6, 6.07) is 8.22. The largest absolute Gasteiger partial charge is 0.310 e. The van der Waals surface area contributed by atoms with Gasteiger partial charge in [0.25, 0.3) is 0 Å². The van der Waals surface area contributed by atoms with Gasteiger partial charge in [-0.25, -0.2) is 9.37 Å². The van der Waals surface area contributed by atoms with E-state index in [9.17, 15) is 9.18 Å². The molecule has 1 N–H and O–H groups in total. The Morgan fingerprint density at radius 1 is 1.14 bits per heavy atom. The second kappa shape index (κ2) is 10.4. The van der Waals surface area contributed by atoms with Gasteiger partial charge in [0, 0.05) is 49.9 Å². The lowest BCUT2D eigenvalue weighted by molar-refractivity contribution is -0.121. The zero-order valence-corrected chi connectivity index (χ0v) is 20.7. The zero-order chi connectivity index (χ0) is 24.4. The molecule has 2 aliphatic rings. The summed E-state index contributed by atoms with van der Waals surface area (Å²) in [6.45, 7) is 9.77. The molecule has 35 heavy (non-hydrogen) atoms. The van der Waals surface area contributed by atoms with Crippen LogP contribution in [-0.4, -0.2) is 69.9 Å². The molecule has 1 atom stereocenters. The Kier molecular flexibility index (Phi) is 7.11. The van der Waals surface area contributed by atoms with Crippen LogP contribution in [0.2, 0.25) is 0 Å². The predicted octanol–water partition coefficient (Wildman–Crippen LogP) is 4.19. The average molecular weight is 479 g/mol. The number of carbonyl (C=O) groups is 1. The van der Waals surface area contributed by atoms with Gasteiger partial charge < -0.3 is 10.2 Å². The number of pyridine rings is 1. The van der Waals surface area contributed by atoms with Crippen molar-refractivity contribution in [2.75, 3.05) is 44.7 Å². The highest BCUT2D eigenvalue weighted by atomic mass is 19.1. The van der Waals surface area contributed by atoms with Crippen molar-refractivity contribution in [3.05, 3.63) is 42.4 Å². The van der Waals surface area contributed by atoms with Crippen LogP contribution in [0.5, 0.6) is 0 Å². The van der Waals surface area contributed by atoms with Crippen molar-refractivity contribution in [3.8, 4) is 11.1 Å². The van der Waals surface area contributed by atoms with Crippen molar-refractivity contribution in [1.82, 2.24) is 24.6 Å². The van der Waals surface area contributed by atoms with Gasteiger partial charge in [-0.3, -0.25) is 14.4 Å². The fourth-order valence-electron chi connectivity index (χ4n) is 5.41. The molecule has 3 aromatic rings. The average Bonchev–Trinajstić information content (AvgIpc) is 3.27. The molecule has 5 rings (SSSR count). The first kappa shape index (κ1) is 23.9. The number of rotatable bonds is 7. The van der Waals surface area contributed by atoms with Crippen LogP contribution in [0, 0.1) is 11.8 Å². The van der Waals surface area contributed by atoms with Crippen molar-refractivity contribution >= 4 is 22.5 Å². The van der Waals surface area contributed by atoms with E-state index in [0.29, 0.717) is 24.8 Å². The Bertz CT molecular complexity index is 1190. The number of benzene rings is 1. The number of likely N-dealkylation sites (tertiary alicyclic amines) is 1. The fraction of sp³-hybridized carbons (Fsp3) is 0.519. The quantitative estimate of drug-likeness (QED) is 0.552. The molecular formula is C27H35FN6O. The molecule has 0 aliphatic carbocycles. The number of piperidine rings is 1. The highest BCUT2D eigenvalue weighted by Crippen LogP contribution is 2.30. The van der Waals surface area contributed by atoms with Gasteiger partial charge in [0.15, 0.2) is 0 Å². The Balaban J connectivity index is 1.33. The summed E-state index contributed by atoms with van der Waals surface area (Å²) in [4.78, 5) is 22.0. The topological polar surface area (TPSA) is 66.3 Å². The summed E-state index contributed by atoms with van der Waals surface area (Å²) in [5.74, 6) is 1.24. The molecule has 1 aromatic carbocycles. The maximum absolute atomic E-state index is 13.0. The van der Waals surface area contributed by atoms with Crippen LogP contribution >= 0.6 is 0 Å². The first-order valence-electron chi connectivity index (χ1n) is 12.8. The highest BCUT2D eigenvalue weighted by molar-refractivity contribution is 5.95. The third kappa shape index (κ3) is 5.38. The minimum Gasteiger partial charge on any atom is -0.310 e. The van der Waals surface area contributed by atoms with Crippen LogP contribution in [-0.2, 0) is 17.9 Å². The Morgan fingerprint density at radius 3 is 2.86 bits per heavy atom. The summed E-state index contributed by atoms with van der Waals surface area (Å²) in [5, 5.41) is 9.67. The van der Waals surface area contributed by atoms with Crippen LogP contribution < -0.4 is 5.32 Å². The first-order valence-corrected chi connectivity index (χ1v) is 12.8. The summed E-state index contributed by atoms with van der Waals surface area (Å²) >= 11 is 0. The van der Waals surface area contributed by atoms with Gasteiger partial charge in [-0.05, 0) is 48.4 Å². The van der Waals surface area contributed by atoms with Crippen LogP contribution in [0.3, 0.4) is 0 Å². The second-order valence-corrected chi connectivity index (χ2v) is 10.3. The fourth-order valence-corrected chi connectivity index (χ4v) is 5.41. The Hall–Kier alpha value is -2.84. The number of carbonyl (C=O) groups excluding carboxylic acids is 1. The number of alkyl halides is 1. The number of amides is 1. The van der Waals surface area contributed by atoms with Gasteiger partial charge in [0.05, 0.1) is 24.4 Å². The molecule has 2 aliphatic heterocycles. The van der Waals surface area contributed by atoms with Gasteiger partial charge in [-0.2, -0.15) is 5.10 Å². The minimum absolute atomic E-state index is 0.00228. The molecule has 2 aromatic heterocycles. The van der Waals surface area contributed by atoms with E-state index in [1.54, 1.807) is 0 Å². The lowest BCUT2D eigenvalue weighted by atomic mass is 9.96. The van der Waals surface area contributed by atoms with Crippen molar-refractivity contribution < 1.29 is 9.18 Å². The third-order valence-electron chi connectivity index (χ3n) is 7.13. The standard InChI is InChI=1S/C27H35FN6O/c1-19(2)16-33-8-3-4-22(17-33)27(35)31-26-13-23-12-20(5-6-21(23)14-29-26)24-15-30-34-11-10-32(9-7-28)18-25(24)34/h5-6,12-15,19,22H,3-4,7-11,16-18H2,1-2H3,(H,29,31,35)/t22-/m1/s1. The molecule has 0 saturated carbocycles. The highest BCUT2D eigenvalue weighted by Gasteiger charge is 2.26. The summed E-state index contributed by atoms with van der Waals surface area (Å²) in [6.07, 6.45) is 5.70. The molecule has 1 amide bonds. The maximum atomic E-state index is 13.0. The number of halogens is 1. The molecule has 8 heteroatoms. The maximum Gasteiger partial charge on any atom is 0.229 e. The van der Waals surface area contributed by atoms with E-state index < -0.39 is 0 Å². The van der Waals surface area contributed by atoms with Crippen molar-refractivity contribution in [1.29, 1.82) is 0 Å². The predicted molar refractivity (Wildman–Crippen MR) is 137 cm³/mol. The number of hydrogen-bond acceptors (Lipinski definition) is 5. The van der Waals surface area contributed by atoms with E-state index in [1.165, 1.54) is 0 Å². The van der Waals surface area contributed by atoms with E-state index in [4.69, 9.17) is 0 Å². The molecule has 0 radical (unpaired) electrons. The Morgan fingerprint density at radius 2 is 2.03 bits per heavy atom. The van der Waals surface area contributed by atoms with Crippen LogP contribution in [0.4, 0.5) is 10.2 Å². The monoisotopic (exact) mass is 478 g/mol. The number of nitrogens with one attached hydrogen (secondary N) is 1. The van der Waals surface area contributed by atoms with Crippen molar-refractivity contribution in [2.45, 2.75) is 39.8 Å². The third-order valence-corrected chi connectivity index (χ3v) is 7.13. The zero-order valence-electron chi connectivity index (χ0n) is 20.7. The minimum atomic E-state index is -0.336. The summed E-state index contributed by atoms with van der Waals surface area (Å²) < 4.78 is 14.9. The molecule has 0 unspecified atom stereocenters. The smallest absolute Gasteiger partial charge is 0.229 e. The molecular weight excluding hydrogens is 443 g/mol. The Labute approximate surface area is 206 Å². The van der Waals surface area contributed by atoms with Crippen molar-refractivity contribution in [3.63, 3.8) is 0 Å². The van der Waals surface area contributed by atoms with Gasteiger partial charge in [0.2, 0.25) is 5.91 Å². The van der Waals surface area contributed by atoms with Gasteiger partial charge >= 0.3 is 0 Å².